The van der Waals surface area contributed by atoms with Crippen molar-refractivity contribution in [2.24, 2.45) is 0 Å². The summed E-state index contributed by atoms with van der Waals surface area (Å²) in [4.78, 5) is 7.58. The molecule has 5 nitrogen and oxygen atoms in total. The zero-order valence-corrected chi connectivity index (χ0v) is 9.86. The van der Waals surface area contributed by atoms with E-state index < -0.39 is 5.95 Å². The predicted octanol–water partition coefficient (Wildman–Crippen LogP) is 2.00. The minimum absolute atomic E-state index is 0.128. The van der Waals surface area contributed by atoms with Crippen LogP contribution < -0.4 is 4.74 Å². The number of hydrogen-bond donors (Lipinski definition) is 0. The van der Waals surface area contributed by atoms with Crippen LogP contribution >= 0.6 is 0 Å². The van der Waals surface area contributed by atoms with E-state index in [-0.39, 0.29) is 6.01 Å². The summed E-state index contributed by atoms with van der Waals surface area (Å²) in [7, 11) is 0. The second-order valence-corrected chi connectivity index (χ2v) is 2.72. The van der Waals surface area contributed by atoms with E-state index in [1.165, 1.54) is 10.6 Å². The van der Waals surface area contributed by atoms with Crippen LogP contribution in [-0.2, 0) is 0 Å². The third-order valence-electron chi connectivity index (χ3n) is 1.64. The molecule has 2 aromatic heterocycles. The Morgan fingerprint density at radius 3 is 2.69 bits per heavy atom. The predicted molar refractivity (Wildman–Crippen MR) is 58.0 cm³/mol. The molecule has 2 rings (SSSR count). The maximum atomic E-state index is 13.0. The maximum Gasteiger partial charge on any atom is 0.322 e. The van der Waals surface area contributed by atoms with E-state index in [1.807, 2.05) is 13.8 Å². The number of halogens is 1. The van der Waals surface area contributed by atoms with Gasteiger partial charge in [0.15, 0.2) is 5.65 Å². The number of hydrogen-bond acceptors (Lipinski definition) is 4. The molecule has 0 aliphatic carbocycles. The lowest BCUT2D eigenvalue weighted by atomic mass is 10.6. The van der Waals surface area contributed by atoms with Crippen LogP contribution in [-0.4, -0.2) is 26.2 Å². The zero-order valence-electron chi connectivity index (χ0n) is 9.86. The number of ether oxygens (including phenoxy) is 1. The van der Waals surface area contributed by atoms with Crippen LogP contribution in [0, 0.1) is 12.9 Å². The molecule has 2 aromatic rings. The summed E-state index contributed by atoms with van der Waals surface area (Å²) < 4.78 is 19.5. The summed E-state index contributed by atoms with van der Waals surface area (Å²) >= 11 is 0. The first kappa shape index (κ1) is 12.4. The van der Waals surface area contributed by atoms with E-state index in [0.29, 0.717) is 18.1 Å². The fraction of sp³-hybridized carbons (Fsp3) is 0.500. The van der Waals surface area contributed by atoms with Crippen molar-refractivity contribution in [3.05, 3.63) is 17.8 Å². The molecule has 16 heavy (non-hydrogen) atoms. The average Bonchev–Trinajstić information content (AvgIpc) is 2.62. The molecular weight excluding hydrogens is 211 g/mol. The monoisotopic (exact) mass is 226 g/mol. The van der Waals surface area contributed by atoms with Gasteiger partial charge >= 0.3 is 6.01 Å². The van der Waals surface area contributed by atoms with Crippen LogP contribution in [0.4, 0.5) is 4.39 Å². The minimum Gasteiger partial charge on any atom is -0.464 e. The van der Waals surface area contributed by atoms with E-state index >= 15 is 0 Å². The summed E-state index contributed by atoms with van der Waals surface area (Å²) in [5, 5.41) is 4.02. The van der Waals surface area contributed by atoms with Gasteiger partial charge in [-0.1, -0.05) is 13.8 Å². The van der Waals surface area contributed by atoms with E-state index in [9.17, 15) is 4.39 Å². The summed E-state index contributed by atoms with van der Waals surface area (Å²) in [5.41, 5.74) is 0.401. The van der Waals surface area contributed by atoms with Crippen molar-refractivity contribution in [3.63, 3.8) is 0 Å². The van der Waals surface area contributed by atoms with Crippen molar-refractivity contribution in [2.45, 2.75) is 27.7 Å². The van der Waals surface area contributed by atoms with Crippen LogP contribution in [0.2, 0.25) is 0 Å². The Balaban J connectivity index is 0.000000606. The second kappa shape index (κ2) is 5.39. The average molecular weight is 226 g/mol. The minimum atomic E-state index is -0.617. The topological polar surface area (TPSA) is 52.3 Å². The molecule has 0 saturated heterocycles. The van der Waals surface area contributed by atoms with Crippen LogP contribution in [0.25, 0.3) is 5.65 Å². The van der Waals surface area contributed by atoms with Gasteiger partial charge in [0.05, 0.1) is 6.61 Å². The normalized spacial score (nSPS) is 9.81. The van der Waals surface area contributed by atoms with Crippen LogP contribution in [0.3, 0.4) is 0 Å². The van der Waals surface area contributed by atoms with E-state index in [4.69, 9.17) is 4.74 Å². The highest BCUT2D eigenvalue weighted by atomic mass is 19.1. The highest BCUT2D eigenvalue weighted by molar-refractivity contribution is 5.37. The highest BCUT2D eigenvalue weighted by Gasteiger charge is 2.09. The standard InChI is InChI=1S/C8H9FN4O.C2H6/c1-3-14-8-11-6(9)4-7-10-5(2)12-13(7)8;1-2/h4H,3H2,1-2H3;1-2H3. The Labute approximate surface area is 93.3 Å². The summed E-state index contributed by atoms with van der Waals surface area (Å²) in [6.07, 6.45) is 0. The van der Waals surface area contributed by atoms with Gasteiger partial charge in [0, 0.05) is 6.07 Å². The van der Waals surface area contributed by atoms with E-state index in [0.717, 1.165) is 0 Å². The van der Waals surface area contributed by atoms with E-state index in [2.05, 4.69) is 15.1 Å². The molecule has 6 heteroatoms. The largest absolute Gasteiger partial charge is 0.464 e. The van der Waals surface area contributed by atoms with E-state index in [1.54, 1.807) is 13.8 Å². The Bertz CT molecular complexity index is 469. The molecule has 0 saturated carbocycles. The smallest absolute Gasteiger partial charge is 0.322 e. The van der Waals surface area contributed by atoms with Crippen molar-refractivity contribution in [1.29, 1.82) is 0 Å². The Hall–Kier alpha value is -1.72. The molecule has 0 unspecified atom stereocenters. The molecule has 0 atom stereocenters. The Kier molecular flexibility index (Phi) is 4.16. The van der Waals surface area contributed by atoms with Gasteiger partial charge in [0.25, 0.3) is 0 Å². The molecular formula is C10H15FN4O. The lowest BCUT2D eigenvalue weighted by Crippen LogP contribution is -2.04. The van der Waals surface area contributed by atoms with Crippen molar-refractivity contribution in [2.75, 3.05) is 6.61 Å². The molecule has 0 radical (unpaired) electrons. The Morgan fingerprint density at radius 2 is 2.06 bits per heavy atom. The van der Waals surface area contributed by atoms with Gasteiger partial charge in [-0.3, -0.25) is 0 Å². The molecule has 88 valence electrons. The fourth-order valence-corrected chi connectivity index (χ4v) is 1.17. The van der Waals surface area contributed by atoms with Gasteiger partial charge in [0.1, 0.15) is 5.82 Å². The number of rotatable bonds is 2. The molecule has 0 spiro atoms. The third-order valence-corrected chi connectivity index (χ3v) is 1.64. The Morgan fingerprint density at radius 1 is 1.38 bits per heavy atom. The van der Waals surface area contributed by atoms with Gasteiger partial charge in [-0.2, -0.15) is 13.9 Å². The molecule has 0 aromatic carbocycles. The lowest BCUT2D eigenvalue weighted by Gasteiger charge is -2.02. The molecule has 0 bridgehead atoms. The third kappa shape index (κ3) is 2.44. The lowest BCUT2D eigenvalue weighted by molar-refractivity contribution is 0.297. The fourth-order valence-electron chi connectivity index (χ4n) is 1.17. The van der Waals surface area contributed by atoms with Crippen molar-refractivity contribution in [3.8, 4) is 6.01 Å². The van der Waals surface area contributed by atoms with Gasteiger partial charge in [0.2, 0.25) is 5.95 Å². The van der Waals surface area contributed by atoms with Crippen LogP contribution in [0.15, 0.2) is 6.07 Å². The first-order valence-electron chi connectivity index (χ1n) is 5.23. The molecule has 0 aliphatic heterocycles. The molecule has 0 amide bonds. The molecule has 0 aliphatic rings. The van der Waals surface area contributed by atoms with Gasteiger partial charge in [-0.25, -0.2) is 4.98 Å². The van der Waals surface area contributed by atoms with Crippen molar-refractivity contribution >= 4 is 5.65 Å². The molecule has 2 heterocycles. The second-order valence-electron chi connectivity index (χ2n) is 2.72. The summed E-state index contributed by atoms with van der Waals surface area (Å²) in [6.45, 7) is 7.92. The SMILES string of the molecule is CC.CCOc1nc(F)cc2nc(C)nn12. The van der Waals surface area contributed by atoms with Gasteiger partial charge in [-0.05, 0) is 13.8 Å². The van der Waals surface area contributed by atoms with Crippen LogP contribution in [0.5, 0.6) is 6.01 Å². The van der Waals surface area contributed by atoms with Crippen LogP contribution in [0.1, 0.15) is 26.6 Å². The number of fused-ring (bicyclic) bond motifs is 1. The molecule has 0 fully saturated rings. The maximum absolute atomic E-state index is 13.0. The highest BCUT2D eigenvalue weighted by Crippen LogP contribution is 2.11. The summed E-state index contributed by atoms with van der Waals surface area (Å²) in [5.74, 6) is -0.0632. The number of nitrogens with zero attached hydrogens (tertiary/aromatic N) is 4. The first-order valence-corrected chi connectivity index (χ1v) is 5.23. The number of aryl methyl sites for hydroxylation is 1. The summed E-state index contributed by atoms with van der Waals surface area (Å²) in [6, 6.07) is 1.34. The van der Waals surface area contributed by atoms with Gasteiger partial charge in [-0.15, -0.1) is 5.10 Å². The van der Waals surface area contributed by atoms with Gasteiger partial charge < -0.3 is 4.74 Å². The first-order chi connectivity index (χ1) is 7.70. The van der Waals surface area contributed by atoms with Crippen molar-refractivity contribution in [1.82, 2.24) is 19.6 Å². The quantitative estimate of drug-likeness (QED) is 0.735. The number of aromatic nitrogens is 4. The zero-order chi connectivity index (χ0) is 12.1. The molecule has 0 N–H and O–H groups in total. The van der Waals surface area contributed by atoms with Crippen molar-refractivity contribution < 1.29 is 9.13 Å².